The molecule has 3 aromatic rings. The van der Waals surface area contributed by atoms with Crippen LogP contribution in [0.15, 0.2) is 79.0 Å². The number of pyridine rings is 1. The van der Waals surface area contributed by atoms with E-state index in [1.165, 1.54) is 5.56 Å². The zero-order chi connectivity index (χ0) is 17.3. The molecule has 0 aliphatic rings. The van der Waals surface area contributed by atoms with Gasteiger partial charge in [0.1, 0.15) is 5.82 Å². The highest BCUT2D eigenvalue weighted by atomic mass is 16.1. The Balaban J connectivity index is 1.46. The molecule has 0 aliphatic heterocycles. The van der Waals surface area contributed by atoms with E-state index in [2.05, 4.69) is 27.8 Å². The van der Waals surface area contributed by atoms with Gasteiger partial charge in [0.2, 0.25) is 5.91 Å². The molecule has 1 amide bonds. The first kappa shape index (κ1) is 16.7. The van der Waals surface area contributed by atoms with Crippen LogP contribution in [0.2, 0.25) is 0 Å². The van der Waals surface area contributed by atoms with Gasteiger partial charge in [-0.3, -0.25) is 4.79 Å². The number of benzene rings is 2. The van der Waals surface area contributed by atoms with Crippen molar-refractivity contribution in [3.05, 3.63) is 90.1 Å². The van der Waals surface area contributed by atoms with E-state index in [-0.39, 0.29) is 5.91 Å². The first-order valence-corrected chi connectivity index (χ1v) is 8.37. The smallest absolute Gasteiger partial charge is 0.229 e. The lowest BCUT2D eigenvalue weighted by molar-refractivity contribution is -0.115. The number of carbonyl (C=O) groups is 1. The van der Waals surface area contributed by atoms with Crippen LogP contribution in [0.3, 0.4) is 0 Å². The molecule has 1 heterocycles. The largest absolute Gasteiger partial charge is 0.383 e. The SMILES string of the molecule is O=C(Cc1ccccc1)Nc1ccc(NCCc2ccccc2)cn1. The van der Waals surface area contributed by atoms with Gasteiger partial charge in [0, 0.05) is 6.54 Å². The summed E-state index contributed by atoms with van der Waals surface area (Å²) in [6, 6.07) is 23.7. The van der Waals surface area contributed by atoms with Gasteiger partial charge in [0.25, 0.3) is 0 Å². The molecule has 0 fully saturated rings. The van der Waals surface area contributed by atoms with Gasteiger partial charge < -0.3 is 10.6 Å². The molecule has 0 saturated heterocycles. The second-order valence-corrected chi connectivity index (χ2v) is 5.81. The molecule has 2 N–H and O–H groups in total. The first-order valence-electron chi connectivity index (χ1n) is 8.37. The average Bonchev–Trinajstić information content (AvgIpc) is 2.65. The fourth-order valence-corrected chi connectivity index (χ4v) is 2.54. The van der Waals surface area contributed by atoms with Crippen molar-refractivity contribution in [3.8, 4) is 0 Å². The maximum absolute atomic E-state index is 12.0. The number of rotatable bonds is 7. The molecule has 0 unspecified atom stereocenters. The Hall–Kier alpha value is -3.14. The molecule has 0 bridgehead atoms. The quantitative estimate of drug-likeness (QED) is 0.690. The minimum atomic E-state index is -0.0662. The molecule has 4 nitrogen and oxygen atoms in total. The van der Waals surface area contributed by atoms with Crippen LogP contribution in [0.4, 0.5) is 11.5 Å². The highest BCUT2D eigenvalue weighted by molar-refractivity contribution is 5.91. The normalized spacial score (nSPS) is 10.2. The van der Waals surface area contributed by atoms with Gasteiger partial charge in [-0.15, -0.1) is 0 Å². The number of nitrogens with zero attached hydrogens (tertiary/aromatic N) is 1. The summed E-state index contributed by atoms with van der Waals surface area (Å²) >= 11 is 0. The Kier molecular flexibility index (Phi) is 5.77. The molecule has 3 rings (SSSR count). The van der Waals surface area contributed by atoms with Crippen LogP contribution in [0.5, 0.6) is 0 Å². The second kappa shape index (κ2) is 8.64. The van der Waals surface area contributed by atoms with E-state index in [1.807, 2.05) is 60.7 Å². The van der Waals surface area contributed by atoms with Crippen molar-refractivity contribution >= 4 is 17.4 Å². The van der Waals surface area contributed by atoms with E-state index in [9.17, 15) is 4.79 Å². The standard InChI is InChI=1S/C21H21N3O/c25-21(15-18-9-5-2-6-10-18)24-20-12-11-19(16-23-20)22-14-13-17-7-3-1-4-8-17/h1-12,16,22H,13-15H2,(H,23,24,25). The van der Waals surface area contributed by atoms with Crippen molar-refractivity contribution in [2.75, 3.05) is 17.2 Å². The first-order chi connectivity index (χ1) is 12.3. The van der Waals surface area contributed by atoms with Gasteiger partial charge in [-0.05, 0) is 29.7 Å². The van der Waals surface area contributed by atoms with Crippen LogP contribution in [-0.2, 0) is 17.6 Å². The van der Waals surface area contributed by atoms with Gasteiger partial charge in [-0.1, -0.05) is 60.7 Å². The summed E-state index contributed by atoms with van der Waals surface area (Å²) in [6.45, 7) is 0.839. The van der Waals surface area contributed by atoms with E-state index in [0.717, 1.165) is 24.2 Å². The lowest BCUT2D eigenvalue weighted by Gasteiger charge is -2.08. The van der Waals surface area contributed by atoms with Gasteiger partial charge >= 0.3 is 0 Å². The molecule has 0 radical (unpaired) electrons. The average molecular weight is 331 g/mol. The molecule has 126 valence electrons. The summed E-state index contributed by atoms with van der Waals surface area (Å²) in [7, 11) is 0. The minimum Gasteiger partial charge on any atom is -0.383 e. The fourth-order valence-electron chi connectivity index (χ4n) is 2.54. The molecule has 0 atom stereocenters. The lowest BCUT2D eigenvalue weighted by Crippen LogP contribution is -2.15. The lowest BCUT2D eigenvalue weighted by atomic mass is 10.1. The zero-order valence-electron chi connectivity index (χ0n) is 14.0. The van der Waals surface area contributed by atoms with Crippen molar-refractivity contribution in [3.63, 3.8) is 0 Å². The summed E-state index contributed by atoms with van der Waals surface area (Å²) in [5.41, 5.74) is 3.23. The number of nitrogens with one attached hydrogen (secondary N) is 2. The number of hydrogen-bond acceptors (Lipinski definition) is 3. The molecule has 0 saturated carbocycles. The number of hydrogen-bond donors (Lipinski definition) is 2. The number of anilines is 2. The summed E-state index contributed by atoms with van der Waals surface area (Å²) in [5.74, 6) is 0.498. The third-order valence-corrected chi connectivity index (χ3v) is 3.82. The van der Waals surface area contributed by atoms with Crippen molar-refractivity contribution in [2.24, 2.45) is 0 Å². The van der Waals surface area contributed by atoms with Crippen molar-refractivity contribution in [2.45, 2.75) is 12.8 Å². The van der Waals surface area contributed by atoms with Crippen molar-refractivity contribution < 1.29 is 4.79 Å². The summed E-state index contributed by atoms with van der Waals surface area (Å²) in [5, 5.41) is 6.16. The predicted molar refractivity (Wildman–Crippen MR) is 102 cm³/mol. The summed E-state index contributed by atoms with van der Waals surface area (Å²) in [6.07, 6.45) is 3.04. The highest BCUT2D eigenvalue weighted by Gasteiger charge is 2.04. The van der Waals surface area contributed by atoms with E-state index in [0.29, 0.717) is 12.2 Å². The maximum Gasteiger partial charge on any atom is 0.229 e. The Morgan fingerprint density at radius 3 is 2.16 bits per heavy atom. The summed E-state index contributed by atoms with van der Waals surface area (Å²) < 4.78 is 0. The molecule has 2 aromatic carbocycles. The van der Waals surface area contributed by atoms with Gasteiger partial charge in [-0.2, -0.15) is 0 Å². The topological polar surface area (TPSA) is 54.0 Å². The third-order valence-electron chi connectivity index (χ3n) is 3.82. The molecule has 1 aromatic heterocycles. The Morgan fingerprint density at radius 2 is 1.52 bits per heavy atom. The zero-order valence-corrected chi connectivity index (χ0v) is 14.0. The molecular weight excluding hydrogens is 310 g/mol. The maximum atomic E-state index is 12.0. The third kappa shape index (κ3) is 5.46. The van der Waals surface area contributed by atoms with E-state index < -0.39 is 0 Å². The van der Waals surface area contributed by atoms with Crippen LogP contribution in [0.1, 0.15) is 11.1 Å². The van der Waals surface area contributed by atoms with Gasteiger partial charge in [0.05, 0.1) is 18.3 Å². The van der Waals surface area contributed by atoms with Crippen LogP contribution in [0, 0.1) is 0 Å². The molecule has 0 spiro atoms. The van der Waals surface area contributed by atoms with E-state index >= 15 is 0 Å². The fraction of sp³-hybridized carbons (Fsp3) is 0.143. The Labute approximate surface area is 147 Å². The Bertz CT molecular complexity index is 786. The van der Waals surface area contributed by atoms with Gasteiger partial charge in [-0.25, -0.2) is 4.98 Å². The molecule has 25 heavy (non-hydrogen) atoms. The van der Waals surface area contributed by atoms with Crippen LogP contribution in [-0.4, -0.2) is 17.4 Å². The predicted octanol–water partition coefficient (Wildman–Crippen LogP) is 3.92. The number of carbonyl (C=O) groups excluding carboxylic acids is 1. The van der Waals surface area contributed by atoms with E-state index in [1.54, 1.807) is 6.20 Å². The second-order valence-electron chi connectivity index (χ2n) is 5.81. The van der Waals surface area contributed by atoms with Crippen LogP contribution < -0.4 is 10.6 Å². The highest BCUT2D eigenvalue weighted by Crippen LogP contribution is 2.11. The molecular formula is C21H21N3O. The minimum absolute atomic E-state index is 0.0662. The van der Waals surface area contributed by atoms with Crippen molar-refractivity contribution in [1.29, 1.82) is 0 Å². The number of aromatic nitrogens is 1. The van der Waals surface area contributed by atoms with E-state index in [4.69, 9.17) is 0 Å². The van der Waals surface area contributed by atoms with Crippen LogP contribution in [0.25, 0.3) is 0 Å². The molecule has 0 aliphatic carbocycles. The monoisotopic (exact) mass is 331 g/mol. The van der Waals surface area contributed by atoms with Crippen LogP contribution >= 0.6 is 0 Å². The molecule has 4 heteroatoms. The van der Waals surface area contributed by atoms with Crippen molar-refractivity contribution in [1.82, 2.24) is 4.98 Å². The summed E-state index contributed by atoms with van der Waals surface area (Å²) in [4.78, 5) is 16.3. The Morgan fingerprint density at radius 1 is 0.840 bits per heavy atom. The number of amides is 1. The van der Waals surface area contributed by atoms with Gasteiger partial charge in [0.15, 0.2) is 0 Å².